The minimum Gasteiger partial charge on any atom is -0.365 e. The molecule has 1 aromatic rings. The minimum absolute atomic E-state index is 0.435. The molecule has 4 heteroatoms. The summed E-state index contributed by atoms with van der Waals surface area (Å²) >= 11 is 0. The third-order valence-corrected chi connectivity index (χ3v) is 4.41. The van der Waals surface area contributed by atoms with E-state index in [4.69, 9.17) is 14.7 Å². The molecule has 1 aliphatic heterocycles. The molecule has 106 valence electrons. The first-order valence-electron chi connectivity index (χ1n) is 7.15. The van der Waals surface area contributed by atoms with E-state index >= 15 is 0 Å². The molecule has 20 heavy (non-hydrogen) atoms. The Balaban J connectivity index is 1.79. The lowest BCUT2D eigenvalue weighted by Gasteiger charge is -2.43. The SMILES string of the molecule is N#C[C@H]1C[C@]2(OCc3ccccc3)CCCC[C@]2(O)O1. The molecule has 0 radical (unpaired) electrons. The van der Waals surface area contributed by atoms with Gasteiger partial charge in [0.25, 0.3) is 0 Å². The molecule has 0 bridgehead atoms. The second-order valence-corrected chi connectivity index (χ2v) is 5.70. The minimum atomic E-state index is -1.31. The van der Waals surface area contributed by atoms with Crippen LogP contribution in [0.5, 0.6) is 0 Å². The number of nitriles is 1. The molecule has 3 rings (SSSR count). The maximum Gasteiger partial charge on any atom is 0.196 e. The van der Waals surface area contributed by atoms with E-state index in [0.717, 1.165) is 24.8 Å². The molecule has 0 spiro atoms. The van der Waals surface area contributed by atoms with Gasteiger partial charge in [0.05, 0.1) is 12.7 Å². The van der Waals surface area contributed by atoms with Crippen molar-refractivity contribution in [2.45, 2.75) is 56.2 Å². The Morgan fingerprint density at radius 1 is 1.30 bits per heavy atom. The highest BCUT2D eigenvalue weighted by Crippen LogP contribution is 2.50. The summed E-state index contributed by atoms with van der Waals surface area (Å²) in [6.07, 6.45) is 3.07. The summed E-state index contributed by atoms with van der Waals surface area (Å²) < 4.78 is 11.7. The number of hydrogen-bond acceptors (Lipinski definition) is 4. The topological polar surface area (TPSA) is 62.5 Å². The lowest BCUT2D eigenvalue weighted by molar-refractivity contribution is -0.290. The zero-order valence-corrected chi connectivity index (χ0v) is 11.4. The van der Waals surface area contributed by atoms with Crippen LogP contribution in [0.2, 0.25) is 0 Å². The van der Waals surface area contributed by atoms with Gasteiger partial charge in [0, 0.05) is 12.8 Å². The fourth-order valence-corrected chi connectivity index (χ4v) is 3.31. The molecular weight excluding hydrogens is 254 g/mol. The maximum absolute atomic E-state index is 10.7. The van der Waals surface area contributed by atoms with Crippen molar-refractivity contribution < 1.29 is 14.6 Å². The van der Waals surface area contributed by atoms with Gasteiger partial charge in [-0.1, -0.05) is 36.8 Å². The van der Waals surface area contributed by atoms with Gasteiger partial charge in [0.2, 0.25) is 0 Å². The van der Waals surface area contributed by atoms with Gasteiger partial charge in [-0.15, -0.1) is 0 Å². The molecular formula is C16H19NO3. The van der Waals surface area contributed by atoms with Gasteiger partial charge in [-0.3, -0.25) is 0 Å². The number of rotatable bonds is 3. The zero-order valence-electron chi connectivity index (χ0n) is 11.4. The molecule has 2 fully saturated rings. The standard InChI is InChI=1S/C16H19NO3/c17-11-14-10-15(8-4-5-9-16(15,18)20-14)19-12-13-6-2-1-3-7-13/h1-3,6-7,14,18H,4-5,8-10,12H2/t14-,15-,16+/m1/s1. The predicted molar refractivity (Wildman–Crippen MR) is 72.5 cm³/mol. The molecule has 0 amide bonds. The number of nitrogens with zero attached hydrogens (tertiary/aromatic N) is 1. The fraction of sp³-hybridized carbons (Fsp3) is 0.562. The number of aliphatic hydroxyl groups is 1. The van der Waals surface area contributed by atoms with Crippen LogP contribution in [0.15, 0.2) is 30.3 Å². The van der Waals surface area contributed by atoms with E-state index in [1.54, 1.807) is 0 Å². The molecule has 2 aliphatic rings. The van der Waals surface area contributed by atoms with Crippen LogP contribution < -0.4 is 0 Å². The summed E-state index contributed by atoms with van der Waals surface area (Å²) in [4.78, 5) is 0. The van der Waals surface area contributed by atoms with E-state index in [1.807, 2.05) is 30.3 Å². The Kier molecular flexibility index (Phi) is 3.51. The highest BCUT2D eigenvalue weighted by atomic mass is 16.7. The quantitative estimate of drug-likeness (QED) is 0.919. The van der Waals surface area contributed by atoms with Gasteiger partial charge < -0.3 is 14.6 Å². The van der Waals surface area contributed by atoms with Gasteiger partial charge in [-0.05, 0) is 18.4 Å². The van der Waals surface area contributed by atoms with Crippen molar-refractivity contribution in [3.63, 3.8) is 0 Å². The van der Waals surface area contributed by atoms with Crippen LogP contribution in [0, 0.1) is 11.3 Å². The Labute approximate surface area is 118 Å². The summed E-state index contributed by atoms with van der Waals surface area (Å²) in [7, 11) is 0. The van der Waals surface area contributed by atoms with Crippen molar-refractivity contribution in [2.24, 2.45) is 0 Å². The van der Waals surface area contributed by atoms with Gasteiger partial charge in [-0.25, -0.2) is 0 Å². The van der Waals surface area contributed by atoms with Crippen LogP contribution in [0.3, 0.4) is 0 Å². The highest BCUT2D eigenvalue weighted by molar-refractivity contribution is 5.15. The molecule has 1 saturated carbocycles. The Morgan fingerprint density at radius 2 is 2.05 bits per heavy atom. The Hall–Kier alpha value is -1.41. The zero-order chi connectivity index (χ0) is 14.1. The predicted octanol–water partition coefficient (Wildman–Crippen LogP) is 2.52. The summed E-state index contributed by atoms with van der Waals surface area (Å²) in [5, 5.41) is 19.8. The third kappa shape index (κ3) is 2.22. The summed E-state index contributed by atoms with van der Waals surface area (Å²) in [6, 6.07) is 12.0. The monoisotopic (exact) mass is 273 g/mol. The van der Waals surface area contributed by atoms with E-state index < -0.39 is 17.5 Å². The molecule has 0 aromatic heterocycles. The molecule has 1 N–H and O–H groups in total. The Morgan fingerprint density at radius 3 is 2.80 bits per heavy atom. The van der Waals surface area contributed by atoms with Gasteiger partial charge in [0.1, 0.15) is 5.60 Å². The average molecular weight is 273 g/mol. The third-order valence-electron chi connectivity index (χ3n) is 4.41. The number of fused-ring (bicyclic) bond motifs is 1. The second kappa shape index (κ2) is 5.17. The molecule has 3 atom stereocenters. The van der Waals surface area contributed by atoms with E-state index in [-0.39, 0.29) is 0 Å². The first-order chi connectivity index (χ1) is 9.67. The van der Waals surface area contributed by atoms with E-state index in [2.05, 4.69) is 6.07 Å². The number of benzene rings is 1. The van der Waals surface area contributed by atoms with Crippen LogP contribution >= 0.6 is 0 Å². The van der Waals surface area contributed by atoms with E-state index in [9.17, 15) is 5.11 Å². The lowest BCUT2D eigenvalue weighted by Crippen LogP contribution is -2.54. The van der Waals surface area contributed by atoms with Crippen molar-refractivity contribution in [3.8, 4) is 6.07 Å². The Bertz CT molecular complexity index is 512. The van der Waals surface area contributed by atoms with Gasteiger partial charge >= 0.3 is 0 Å². The molecule has 1 saturated heterocycles. The van der Waals surface area contributed by atoms with E-state index in [0.29, 0.717) is 19.4 Å². The smallest absolute Gasteiger partial charge is 0.196 e. The normalized spacial score (nSPS) is 36.3. The largest absolute Gasteiger partial charge is 0.365 e. The van der Waals surface area contributed by atoms with Crippen LogP contribution in [-0.4, -0.2) is 22.6 Å². The average Bonchev–Trinajstić information content (AvgIpc) is 2.79. The molecule has 0 unspecified atom stereocenters. The fourth-order valence-electron chi connectivity index (χ4n) is 3.31. The lowest BCUT2D eigenvalue weighted by atomic mass is 9.78. The van der Waals surface area contributed by atoms with Gasteiger partial charge in [-0.2, -0.15) is 5.26 Å². The maximum atomic E-state index is 10.7. The second-order valence-electron chi connectivity index (χ2n) is 5.70. The van der Waals surface area contributed by atoms with Crippen LogP contribution in [0.4, 0.5) is 0 Å². The van der Waals surface area contributed by atoms with Crippen molar-refractivity contribution in [2.75, 3.05) is 0 Å². The van der Waals surface area contributed by atoms with Crippen molar-refractivity contribution >= 4 is 0 Å². The van der Waals surface area contributed by atoms with Crippen molar-refractivity contribution in [3.05, 3.63) is 35.9 Å². The summed E-state index contributed by atoms with van der Waals surface area (Å²) in [5.41, 5.74) is 0.330. The van der Waals surface area contributed by atoms with Crippen LogP contribution in [-0.2, 0) is 16.1 Å². The molecule has 1 aliphatic carbocycles. The summed E-state index contributed by atoms with van der Waals surface area (Å²) in [6.45, 7) is 0.435. The van der Waals surface area contributed by atoms with E-state index in [1.165, 1.54) is 0 Å². The summed E-state index contributed by atoms with van der Waals surface area (Å²) in [5.74, 6) is -1.31. The first-order valence-corrected chi connectivity index (χ1v) is 7.15. The number of ether oxygens (including phenoxy) is 2. The molecule has 1 heterocycles. The van der Waals surface area contributed by atoms with Gasteiger partial charge in [0.15, 0.2) is 11.9 Å². The van der Waals surface area contributed by atoms with Crippen molar-refractivity contribution in [1.29, 1.82) is 5.26 Å². The molecule has 1 aromatic carbocycles. The highest BCUT2D eigenvalue weighted by Gasteiger charge is 2.61. The van der Waals surface area contributed by atoms with Crippen molar-refractivity contribution in [1.82, 2.24) is 0 Å². The van der Waals surface area contributed by atoms with Crippen LogP contribution in [0.25, 0.3) is 0 Å². The first kappa shape index (κ1) is 13.6. The molecule has 4 nitrogen and oxygen atoms in total. The van der Waals surface area contributed by atoms with Crippen LogP contribution in [0.1, 0.15) is 37.7 Å². The number of hydrogen-bond donors (Lipinski definition) is 1.